The average molecular weight is 340 g/mol. The zero-order valence-corrected chi connectivity index (χ0v) is 13.8. The largest absolute Gasteiger partial charge is 0.273 e. The van der Waals surface area contributed by atoms with Gasteiger partial charge in [0.2, 0.25) is 0 Å². The van der Waals surface area contributed by atoms with Crippen LogP contribution in [0.3, 0.4) is 0 Å². The van der Waals surface area contributed by atoms with Crippen molar-refractivity contribution >= 4 is 26.7 Å². The van der Waals surface area contributed by atoms with E-state index in [1.165, 1.54) is 12.1 Å². The van der Waals surface area contributed by atoms with Crippen LogP contribution in [0.15, 0.2) is 71.6 Å². The van der Waals surface area contributed by atoms with Gasteiger partial charge in [0.15, 0.2) is 0 Å². The second-order valence-corrected chi connectivity index (χ2v) is 7.12. The molecule has 122 valence electrons. The molecule has 0 heterocycles. The summed E-state index contributed by atoms with van der Waals surface area (Å²) in [5.74, 6) is -0.517. The van der Waals surface area contributed by atoms with E-state index in [9.17, 15) is 13.2 Å². The third-order valence-electron chi connectivity index (χ3n) is 3.61. The molecule has 0 unspecified atom stereocenters. The van der Waals surface area contributed by atoms with E-state index < -0.39 is 15.9 Å². The van der Waals surface area contributed by atoms with Crippen LogP contribution in [-0.4, -0.2) is 14.3 Å². The Morgan fingerprint density at radius 2 is 1.62 bits per heavy atom. The highest BCUT2D eigenvalue weighted by atomic mass is 32.2. The van der Waals surface area contributed by atoms with E-state index in [1.54, 1.807) is 31.2 Å². The Kier molecular flexibility index (Phi) is 4.33. The number of benzene rings is 3. The van der Waals surface area contributed by atoms with Gasteiger partial charge >= 0.3 is 0 Å². The Hall–Kier alpha value is -2.70. The number of aryl methyl sites for hydroxylation is 1. The maximum Gasteiger partial charge on any atom is 0.266 e. The normalized spacial score (nSPS) is 11.4. The van der Waals surface area contributed by atoms with Crippen molar-refractivity contribution in [2.24, 2.45) is 0 Å². The zero-order valence-electron chi connectivity index (χ0n) is 13.0. The van der Waals surface area contributed by atoms with Gasteiger partial charge in [0.1, 0.15) is 0 Å². The van der Waals surface area contributed by atoms with Crippen LogP contribution in [0.4, 0.5) is 0 Å². The molecule has 2 N–H and O–H groups in total. The number of fused-ring (bicyclic) bond motifs is 1. The smallest absolute Gasteiger partial charge is 0.266 e. The zero-order chi connectivity index (χ0) is 17.2. The summed E-state index contributed by atoms with van der Waals surface area (Å²) in [6.07, 6.45) is 0. The minimum atomic E-state index is -3.81. The molecule has 0 saturated carbocycles. The summed E-state index contributed by atoms with van der Waals surface area (Å²) in [5, 5.41) is 1.92. The number of hydrogen-bond donors (Lipinski definition) is 2. The topological polar surface area (TPSA) is 75.3 Å². The van der Waals surface area contributed by atoms with Crippen molar-refractivity contribution in [1.29, 1.82) is 0 Å². The SMILES string of the molecule is Cc1cccc(S(=O)(=O)NNC(=O)c2ccc3ccccc3c2)c1. The molecule has 0 spiro atoms. The van der Waals surface area contributed by atoms with Crippen LogP contribution in [0.5, 0.6) is 0 Å². The number of rotatable bonds is 4. The first-order valence-corrected chi connectivity index (χ1v) is 8.82. The van der Waals surface area contributed by atoms with Gasteiger partial charge in [-0.25, -0.2) is 8.42 Å². The molecule has 5 nitrogen and oxygen atoms in total. The van der Waals surface area contributed by atoms with E-state index in [4.69, 9.17) is 0 Å². The van der Waals surface area contributed by atoms with Gasteiger partial charge in [-0.1, -0.05) is 42.5 Å². The molecule has 0 radical (unpaired) electrons. The van der Waals surface area contributed by atoms with Crippen LogP contribution in [0.2, 0.25) is 0 Å². The quantitative estimate of drug-likeness (QED) is 0.717. The predicted molar refractivity (Wildman–Crippen MR) is 92.9 cm³/mol. The number of nitrogens with one attached hydrogen (secondary N) is 2. The lowest BCUT2D eigenvalue weighted by molar-refractivity contribution is 0.0945. The number of hydrazine groups is 1. The molecule has 6 heteroatoms. The van der Waals surface area contributed by atoms with Crippen molar-refractivity contribution in [3.8, 4) is 0 Å². The van der Waals surface area contributed by atoms with E-state index in [-0.39, 0.29) is 4.90 Å². The number of carbonyl (C=O) groups excluding carboxylic acids is 1. The molecule has 3 aromatic carbocycles. The molecule has 0 atom stereocenters. The highest BCUT2D eigenvalue weighted by Gasteiger charge is 2.15. The minimum absolute atomic E-state index is 0.0984. The Morgan fingerprint density at radius 3 is 2.38 bits per heavy atom. The average Bonchev–Trinajstić information content (AvgIpc) is 2.59. The molecule has 3 rings (SSSR count). The van der Waals surface area contributed by atoms with Gasteiger partial charge in [-0.3, -0.25) is 10.2 Å². The van der Waals surface area contributed by atoms with Crippen molar-refractivity contribution in [3.05, 3.63) is 77.9 Å². The molecule has 0 bridgehead atoms. The van der Waals surface area contributed by atoms with Crippen LogP contribution >= 0.6 is 0 Å². The summed E-state index contributed by atoms with van der Waals surface area (Å²) >= 11 is 0. The van der Waals surface area contributed by atoms with Gasteiger partial charge in [-0.2, -0.15) is 0 Å². The Morgan fingerprint density at radius 1 is 0.875 bits per heavy atom. The minimum Gasteiger partial charge on any atom is -0.273 e. The van der Waals surface area contributed by atoms with Crippen LogP contribution in [-0.2, 0) is 10.0 Å². The van der Waals surface area contributed by atoms with Gasteiger partial charge < -0.3 is 0 Å². The fourth-order valence-corrected chi connectivity index (χ4v) is 3.30. The lowest BCUT2D eigenvalue weighted by Gasteiger charge is -2.09. The number of sulfonamides is 1. The molecular formula is C18H16N2O3S. The lowest BCUT2D eigenvalue weighted by Crippen LogP contribution is -2.41. The Balaban J connectivity index is 1.76. The molecule has 0 aliphatic heterocycles. The molecule has 24 heavy (non-hydrogen) atoms. The highest BCUT2D eigenvalue weighted by Crippen LogP contribution is 2.15. The standard InChI is InChI=1S/C18H16N2O3S/c1-13-5-4-8-17(11-13)24(22,23)20-19-18(21)16-10-9-14-6-2-3-7-15(14)12-16/h2-12,20H,1H3,(H,19,21). The van der Waals surface area contributed by atoms with Gasteiger partial charge in [0, 0.05) is 5.56 Å². The molecule has 0 aliphatic rings. The number of carbonyl (C=O) groups is 1. The summed E-state index contributed by atoms with van der Waals surface area (Å²) in [4.78, 5) is 14.4. The summed E-state index contributed by atoms with van der Waals surface area (Å²) in [5.41, 5.74) is 3.44. The van der Waals surface area contributed by atoms with Gasteiger partial charge in [0.05, 0.1) is 4.90 Å². The number of hydrogen-bond acceptors (Lipinski definition) is 3. The number of amides is 1. The first kappa shape index (κ1) is 16.2. The fourth-order valence-electron chi connectivity index (χ4n) is 2.36. The second kappa shape index (κ2) is 6.43. The second-order valence-electron chi connectivity index (χ2n) is 5.44. The molecule has 3 aromatic rings. The third kappa shape index (κ3) is 3.45. The summed E-state index contributed by atoms with van der Waals surface area (Å²) in [6.45, 7) is 1.80. The Labute approximate surface area is 140 Å². The van der Waals surface area contributed by atoms with E-state index in [0.29, 0.717) is 5.56 Å². The van der Waals surface area contributed by atoms with Crippen LogP contribution < -0.4 is 10.3 Å². The fraction of sp³-hybridized carbons (Fsp3) is 0.0556. The van der Waals surface area contributed by atoms with Crippen molar-refractivity contribution in [3.63, 3.8) is 0 Å². The summed E-state index contributed by atoms with van der Waals surface area (Å²) in [7, 11) is -3.81. The highest BCUT2D eigenvalue weighted by molar-refractivity contribution is 7.89. The van der Waals surface area contributed by atoms with E-state index in [2.05, 4.69) is 10.3 Å². The van der Waals surface area contributed by atoms with Crippen molar-refractivity contribution in [1.82, 2.24) is 10.3 Å². The lowest BCUT2D eigenvalue weighted by atomic mass is 10.1. The third-order valence-corrected chi connectivity index (χ3v) is 4.86. The van der Waals surface area contributed by atoms with Crippen molar-refractivity contribution in [2.75, 3.05) is 0 Å². The predicted octanol–water partition coefficient (Wildman–Crippen LogP) is 2.77. The van der Waals surface area contributed by atoms with E-state index in [1.807, 2.05) is 30.3 Å². The van der Waals surface area contributed by atoms with E-state index in [0.717, 1.165) is 16.3 Å². The van der Waals surface area contributed by atoms with Gasteiger partial charge in [-0.05, 0) is 47.5 Å². The summed E-state index contributed by atoms with van der Waals surface area (Å²) < 4.78 is 24.4. The molecule has 0 saturated heterocycles. The van der Waals surface area contributed by atoms with Gasteiger partial charge in [-0.15, -0.1) is 4.83 Å². The Bertz CT molecular complexity index is 1010. The molecule has 0 fully saturated rings. The molecular weight excluding hydrogens is 324 g/mol. The first-order chi connectivity index (χ1) is 11.5. The van der Waals surface area contributed by atoms with Gasteiger partial charge in [0.25, 0.3) is 15.9 Å². The van der Waals surface area contributed by atoms with E-state index >= 15 is 0 Å². The van der Waals surface area contributed by atoms with Crippen LogP contribution in [0.25, 0.3) is 10.8 Å². The van der Waals surface area contributed by atoms with Crippen LogP contribution in [0.1, 0.15) is 15.9 Å². The maximum absolute atomic E-state index is 12.2. The molecule has 0 aliphatic carbocycles. The monoisotopic (exact) mass is 340 g/mol. The molecule has 0 aromatic heterocycles. The van der Waals surface area contributed by atoms with Crippen molar-refractivity contribution < 1.29 is 13.2 Å². The van der Waals surface area contributed by atoms with Crippen LogP contribution in [0, 0.1) is 6.92 Å². The first-order valence-electron chi connectivity index (χ1n) is 7.33. The van der Waals surface area contributed by atoms with Crippen molar-refractivity contribution in [2.45, 2.75) is 11.8 Å². The molecule has 1 amide bonds. The maximum atomic E-state index is 12.2. The summed E-state index contributed by atoms with van der Waals surface area (Å²) in [6, 6.07) is 19.3.